The van der Waals surface area contributed by atoms with Crippen molar-refractivity contribution in [2.75, 3.05) is 6.54 Å². The van der Waals surface area contributed by atoms with Crippen LogP contribution in [0.5, 0.6) is 0 Å². The second kappa shape index (κ2) is 9.17. The Bertz CT molecular complexity index is 828. The van der Waals surface area contributed by atoms with Crippen molar-refractivity contribution in [3.05, 3.63) is 76.9 Å². The lowest BCUT2D eigenvalue weighted by Crippen LogP contribution is -2.37. The van der Waals surface area contributed by atoms with E-state index >= 15 is 0 Å². The van der Waals surface area contributed by atoms with Crippen LogP contribution in [0.1, 0.15) is 48.1 Å². The molecular weight excluding hydrogens is 336 g/mol. The SMILES string of the molecule is C[C@H](NC(=O)CNC(=O)/C=C/c1ccccc1)c1ccc2c(c1)CCCC2. The molecule has 0 saturated heterocycles. The molecule has 0 aromatic heterocycles. The third-order valence-corrected chi connectivity index (χ3v) is 4.90. The van der Waals surface area contributed by atoms with Crippen molar-refractivity contribution >= 4 is 17.9 Å². The standard InChI is InChI=1S/C23H26N2O2/c1-17(20-13-12-19-9-5-6-10-21(19)15-20)25-23(27)16-24-22(26)14-11-18-7-3-2-4-8-18/h2-4,7-8,11-15,17H,5-6,9-10,16H2,1H3,(H,24,26)(H,25,27)/b14-11+/t17-/m0/s1. The summed E-state index contributed by atoms with van der Waals surface area (Å²) < 4.78 is 0. The van der Waals surface area contributed by atoms with Gasteiger partial charge in [-0.15, -0.1) is 0 Å². The maximum absolute atomic E-state index is 12.1. The second-order valence-electron chi connectivity index (χ2n) is 6.99. The molecule has 27 heavy (non-hydrogen) atoms. The number of amides is 2. The van der Waals surface area contributed by atoms with Gasteiger partial charge in [0.05, 0.1) is 12.6 Å². The highest BCUT2D eigenvalue weighted by atomic mass is 16.2. The predicted molar refractivity (Wildman–Crippen MR) is 108 cm³/mol. The molecule has 0 spiro atoms. The number of carbonyl (C=O) groups is 2. The van der Waals surface area contributed by atoms with E-state index in [9.17, 15) is 9.59 Å². The number of hydrogen-bond acceptors (Lipinski definition) is 2. The largest absolute Gasteiger partial charge is 0.348 e. The number of fused-ring (bicyclic) bond motifs is 1. The van der Waals surface area contributed by atoms with Gasteiger partial charge in [0.15, 0.2) is 0 Å². The first-order chi connectivity index (χ1) is 13.1. The number of rotatable bonds is 6. The Balaban J connectivity index is 1.47. The van der Waals surface area contributed by atoms with Gasteiger partial charge in [0, 0.05) is 6.08 Å². The molecule has 0 aliphatic heterocycles. The van der Waals surface area contributed by atoms with Crippen molar-refractivity contribution in [3.63, 3.8) is 0 Å². The minimum atomic E-state index is -0.282. The molecule has 0 radical (unpaired) electrons. The monoisotopic (exact) mass is 362 g/mol. The molecule has 2 aromatic rings. The number of hydrogen-bond donors (Lipinski definition) is 2. The Labute approximate surface area is 160 Å². The summed E-state index contributed by atoms with van der Waals surface area (Å²) in [5.41, 5.74) is 4.89. The highest BCUT2D eigenvalue weighted by Crippen LogP contribution is 2.24. The van der Waals surface area contributed by atoms with Gasteiger partial charge in [-0.3, -0.25) is 9.59 Å². The molecule has 1 atom stereocenters. The molecule has 1 aliphatic rings. The smallest absolute Gasteiger partial charge is 0.244 e. The Kier molecular flexibility index (Phi) is 6.42. The van der Waals surface area contributed by atoms with Crippen LogP contribution in [0.4, 0.5) is 0 Å². The zero-order chi connectivity index (χ0) is 19.1. The maximum atomic E-state index is 12.1. The maximum Gasteiger partial charge on any atom is 0.244 e. The molecule has 1 aliphatic carbocycles. The molecular formula is C23H26N2O2. The fourth-order valence-electron chi connectivity index (χ4n) is 3.36. The molecule has 0 fully saturated rings. The summed E-state index contributed by atoms with van der Waals surface area (Å²) in [6.07, 6.45) is 7.93. The molecule has 2 amide bonds. The van der Waals surface area contributed by atoms with Gasteiger partial charge >= 0.3 is 0 Å². The van der Waals surface area contributed by atoms with E-state index in [-0.39, 0.29) is 24.4 Å². The van der Waals surface area contributed by atoms with Crippen molar-refractivity contribution in [1.29, 1.82) is 0 Å². The summed E-state index contributed by atoms with van der Waals surface area (Å²) >= 11 is 0. The van der Waals surface area contributed by atoms with E-state index in [1.807, 2.05) is 37.3 Å². The zero-order valence-corrected chi connectivity index (χ0v) is 15.7. The summed E-state index contributed by atoms with van der Waals surface area (Å²) in [6, 6.07) is 16.0. The normalized spacial score (nSPS) is 14.4. The lowest BCUT2D eigenvalue weighted by Gasteiger charge is -2.20. The fourth-order valence-corrected chi connectivity index (χ4v) is 3.36. The van der Waals surface area contributed by atoms with Crippen LogP contribution in [0.2, 0.25) is 0 Å². The molecule has 3 rings (SSSR count). The third-order valence-electron chi connectivity index (χ3n) is 4.90. The van der Waals surface area contributed by atoms with Crippen LogP contribution in [-0.2, 0) is 22.4 Å². The highest BCUT2D eigenvalue weighted by molar-refractivity contribution is 5.94. The number of aryl methyl sites for hydroxylation is 2. The molecule has 0 unspecified atom stereocenters. The average Bonchev–Trinajstić information content (AvgIpc) is 2.71. The Morgan fingerprint density at radius 2 is 1.78 bits per heavy atom. The van der Waals surface area contributed by atoms with Gasteiger partial charge in [-0.2, -0.15) is 0 Å². The van der Waals surface area contributed by atoms with Gasteiger partial charge in [0.25, 0.3) is 0 Å². The van der Waals surface area contributed by atoms with Gasteiger partial charge in [-0.25, -0.2) is 0 Å². The van der Waals surface area contributed by atoms with Crippen LogP contribution in [0.25, 0.3) is 6.08 Å². The van der Waals surface area contributed by atoms with Crippen LogP contribution < -0.4 is 10.6 Å². The summed E-state index contributed by atoms with van der Waals surface area (Å²) in [4.78, 5) is 24.0. The lowest BCUT2D eigenvalue weighted by atomic mass is 9.89. The van der Waals surface area contributed by atoms with Gasteiger partial charge in [0.2, 0.25) is 11.8 Å². The van der Waals surface area contributed by atoms with Gasteiger partial charge in [-0.05, 0) is 60.9 Å². The van der Waals surface area contributed by atoms with Crippen LogP contribution in [-0.4, -0.2) is 18.4 Å². The summed E-state index contributed by atoms with van der Waals surface area (Å²) in [6.45, 7) is 1.94. The van der Waals surface area contributed by atoms with E-state index in [1.165, 1.54) is 30.0 Å². The minimum Gasteiger partial charge on any atom is -0.348 e. The summed E-state index contributed by atoms with van der Waals surface area (Å²) in [5, 5.41) is 5.58. The number of benzene rings is 2. The van der Waals surface area contributed by atoms with E-state index in [0.717, 1.165) is 24.0 Å². The highest BCUT2D eigenvalue weighted by Gasteiger charge is 2.14. The Morgan fingerprint density at radius 3 is 2.56 bits per heavy atom. The third kappa shape index (κ3) is 5.55. The van der Waals surface area contributed by atoms with Crippen molar-refractivity contribution in [2.24, 2.45) is 0 Å². The Morgan fingerprint density at radius 1 is 1.04 bits per heavy atom. The van der Waals surface area contributed by atoms with E-state index < -0.39 is 0 Å². The fraction of sp³-hybridized carbons (Fsp3) is 0.304. The molecule has 0 bridgehead atoms. The molecule has 0 saturated carbocycles. The summed E-state index contributed by atoms with van der Waals surface area (Å²) in [7, 11) is 0. The van der Waals surface area contributed by atoms with Crippen LogP contribution in [0.3, 0.4) is 0 Å². The minimum absolute atomic E-state index is 0.0345. The lowest BCUT2D eigenvalue weighted by molar-refractivity contribution is -0.124. The van der Waals surface area contributed by atoms with Crippen LogP contribution in [0.15, 0.2) is 54.6 Å². The van der Waals surface area contributed by atoms with Gasteiger partial charge < -0.3 is 10.6 Å². The van der Waals surface area contributed by atoms with E-state index in [0.29, 0.717) is 0 Å². The molecule has 2 N–H and O–H groups in total. The van der Waals surface area contributed by atoms with Crippen LogP contribution in [0, 0.1) is 0 Å². The first kappa shape index (κ1) is 18.9. The van der Waals surface area contributed by atoms with Crippen molar-refractivity contribution < 1.29 is 9.59 Å². The zero-order valence-electron chi connectivity index (χ0n) is 15.7. The summed E-state index contributed by atoms with van der Waals surface area (Å²) in [5.74, 6) is -0.475. The van der Waals surface area contributed by atoms with Crippen molar-refractivity contribution in [1.82, 2.24) is 10.6 Å². The van der Waals surface area contributed by atoms with Crippen molar-refractivity contribution in [3.8, 4) is 0 Å². The predicted octanol–water partition coefficient (Wildman–Crippen LogP) is 3.57. The molecule has 2 aromatic carbocycles. The van der Waals surface area contributed by atoms with E-state index in [2.05, 4.69) is 28.8 Å². The topological polar surface area (TPSA) is 58.2 Å². The van der Waals surface area contributed by atoms with E-state index in [1.54, 1.807) is 6.08 Å². The quantitative estimate of drug-likeness (QED) is 0.772. The first-order valence-corrected chi connectivity index (χ1v) is 9.54. The number of nitrogens with one attached hydrogen (secondary N) is 2. The first-order valence-electron chi connectivity index (χ1n) is 9.54. The average molecular weight is 362 g/mol. The van der Waals surface area contributed by atoms with Crippen LogP contribution >= 0.6 is 0 Å². The second-order valence-corrected chi connectivity index (χ2v) is 6.99. The molecule has 0 heterocycles. The molecule has 4 heteroatoms. The van der Waals surface area contributed by atoms with Gasteiger partial charge in [-0.1, -0.05) is 48.5 Å². The molecule has 4 nitrogen and oxygen atoms in total. The molecule has 140 valence electrons. The van der Waals surface area contributed by atoms with E-state index in [4.69, 9.17) is 0 Å². The van der Waals surface area contributed by atoms with Crippen molar-refractivity contribution in [2.45, 2.75) is 38.6 Å². The Hall–Kier alpha value is -2.88. The number of carbonyl (C=O) groups excluding carboxylic acids is 2. The van der Waals surface area contributed by atoms with Gasteiger partial charge in [0.1, 0.15) is 0 Å².